The van der Waals surface area contributed by atoms with E-state index in [0.717, 1.165) is 0 Å². The van der Waals surface area contributed by atoms with Crippen molar-refractivity contribution in [3.63, 3.8) is 0 Å². The maximum absolute atomic E-state index is 11.5. The molecule has 0 aromatic carbocycles. The molecule has 0 saturated carbocycles. The van der Waals surface area contributed by atoms with Crippen molar-refractivity contribution < 1.29 is 47.4 Å². The van der Waals surface area contributed by atoms with Crippen LogP contribution in [0, 0.1) is 10.6 Å². The number of aliphatic hydroxyl groups excluding tert-OH is 3. The molecular weight excluding hydrogens is 450 g/mol. The highest BCUT2D eigenvalue weighted by molar-refractivity contribution is 7.89. The summed E-state index contributed by atoms with van der Waals surface area (Å²) in [6.45, 7) is 4.71. The van der Waals surface area contributed by atoms with Gasteiger partial charge in [0, 0.05) is 6.61 Å². The van der Waals surface area contributed by atoms with Crippen LogP contribution < -0.4 is 0 Å². The van der Waals surface area contributed by atoms with E-state index in [1.807, 2.05) is 0 Å². The van der Waals surface area contributed by atoms with Gasteiger partial charge in [0.25, 0.3) is 0 Å². The van der Waals surface area contributed by atoms with Gasteiger partial charge in [0.1, 0.15) is 0 Å². The largest absolute Gasteiger partial charge is 0.745 e. The molecule has 0 amide bonds. The summed E-state index contributed by atoms with van der Waals surface area (Å²) in [6.07, 6.45) is 1.46. The van der Waals surface area contributed by atoms with Crippen LogP contribution in [0.2, 0.25) is 0 Å². The lowest BCUT2D eigenvalue weighted by Crippen LogP contribution is -2.42. The zero-order chi connectivity index (χ0) is 24.1. The number of ether oxygens (including phenoxy) is 5. The van der Waals surface area contributed by atoms with Crippen LogP contribution >= 0.6 is 0 Å². The first-order valence-corrected chi connectivity index (χ1v) is 12.0. The number of hydroxylamine groups is 1. The van der Waals surface area contributed by atoms with Crippen molar-refractivity contribution in [2.75, 3.05) is 91.6 Å². The van der Waals surface area contributed by atoms with Gasteiger partial charge in [-0.1, -0.05) is 6.58 Å². The van der Waals surface area contributed by atoms with Crippen molar-refractivity contribution in [3.8, 4) is 0 Å². The molecule has 0 atom stereocenters. The number of rotatable bonds is 24. The maximum Gasteiger partial charge on any atom is 0.224 e. The molecule has 32 heavy (non-hydrogen) atoms. The van der Waals surface area contributed by atoms with Crippen LogP contribution in [0.15, 0.2) is 12.8 Å². The van der Waals surface area contributed by atoms with Crippen LogP contribution in [0.4, 0.5) is 0 Å². The van der Waals surface area contributed by atoms with Gasteiger partial charge in [-0.15, -0.1) is 0 Å². The highest BCUT2D eigenvalue weighted by Gasteiger charge is 2.32. The Balaban J connectivity index is 4.34. The Morgan fingerprint density at radius 3 is 1.62 bits per heavy atom. The fourth-order valence-electron chi connectivity index (χ4n) is 2.51. The number of hydrogen-bond donors (Lipinski definition) is 3. The molecule has 3 N–H and O–H groups in total. The van der Waals surface area contributed by atoms with Gasteiger partial charge in [-0.2, -0.15) is 0 Å². The Bertz CT molecular complexity index is 521. The van der Waals surface area contributed by atoms with Gasteiger partial charge < -0.3 is 48.7 Å². The van der Waals surface area contributed by atoms with E-state index in [1.165, 1.54) is 0 Å². The van der Waals surface area contributed by atoms with E-state index in [1.54, 1.807) is 0 Å². The van der Waals surface area contributed by atoms with Crippen LogP contribution in [0.3, 0.4) is 0 Å². The third-order valence-corrected chi connectivity index (χ3v) is 5.58. The summed E-state index contributed by atoms with van der Waals surface area (Å²) >= 11 is 0. The Kier molecular flexibility index (Phi) is 19.1. The van der Waals surface area contributed by atoms with E-state index in [9.17, 15) is 13.6 Å². The third-order valence-electron chi connectivity index (χ3n) is 4.08. The third kappa shape index (κ3) is 15.1. The average molecular weight is 489 g/mol. The van der Waals surface area contributed by atoms with Crippen molar-refractivity contribution >= 4 is 10.0 Å². The van der Waals surface area contributed by atoms with E-state index in [2.05, 4.69) is 6.58 Å². The minimum absolute atomic E-state index is 0.136. The molecule has 0 rings (SSSR count). The molecule has 192 valence electrons. The minimum atomic E-state index is -3.86. The Morgan fingerprint density at radius 2 is 1.19 bits per heavy atom. The number of sulfonamides is 1. The standard InChI is InChI=1S/C19H38NO11S/c1-2-20(24)32(25,26)14-4-3-8-27-12-13-31-18-19(15-28-9-5-21,16-29-10-6-22)17-30-11-7-23/h2,21-23H,1,3-18H2/q-1. The first kappa shape index (κ1) is 31.1. The van der Waals surface area contributed by atoms with Gasteiger partial charge in [0.15, 0.2) is 0 Å². The summed E-state index contributed by atoms with van der Waals surface area (Å²) in [5, 5.41) is 38.0. The second-order valence-corrected chi connectivity index (χ2v) is 8.89. The molecule has 0 aliphatic carbocycles. The van der Waals surface area contributed by atoms with Crippen LogP contribution in [0.25, 0.3) is 0 Å². The van der Waals surface area contributed by atoms with E-state index in [4.69, 9.17) is 39.0 Å². The molecule has 0 fully saturated rings. The number of aliphatic hydroxyl groups is 3. The van der Waals surface area contributed by atoms with Crippen molar-refractivity contribution in [2.24, 2.45) is 5.41 Å². The molecule has 0 bridgehead atoms. The zero-order valence-electron chi connectivity index (χ0n) is 18.6. The molecule has 0 aromatic rings. The van der Waals surface area contributed by atoms with Crippen LogP contribution in [-0.2, 0) is 33.7 Å². The minimum Gasteiger partial charge on any atom is -0.745 e. The molecular formula is C19H38NO11S-. The number of nitrogens with zero attached hydrogens (tertiary/aromatic N) is 1. The van der Waals surface area contributed by atoms with E-state index in [-0.39, 0.29) is 95.9 Å². The van der Waals surface area contributed by atoms with Gasteiger partial charge in [-0.05, 0) is 19.0 Å². The SMILES string of the molecule is C=CN([O-])S(=O)(=O)CCCCOCCOCC(COCCO)(COCCO)COCCO. The summed E-state index contributed by atoms with van der Waals surface area (Å²) < 4.78 is 50.4. The van der Waals surface area contributed by atoms with Crippen LogP contribution in [-0.4, -0.2) is 120 Å². The first-order chi connectivity index (χ1) is 15.4. The van der Waals surface area contributed by atoms with Gasteiger partial charge >= 0.3 is 0 Å². The maximum atomic E-state index is 11.5. The molecule has 0 saturated heterocycles. The quantitative estimate of drug-likeness (QED) is 0.114. The van der Waals surface area contributed by atoms with Gasteiger partial charge in [-0.25, -0.2) is 8.42 Å². The number of hydrogen-bond acceptors (Lipinski definition) is 11. The predicted molar refractivity (Wildman–Crippen MR) is 116 cm³/mol. The molecule has 0 aliphatic heterocycles. The summed E-state index contributed by atoms with van der Waals surface area (Å²) in [4.78, 5) is 0. The fraction of sp³-hybridized carbons (Fsp3) is 0.895. The molecule has 0 unspecified atom stereocenters. The highest BCUT2D eigenvalue weighted by Crippen LogP contribution is 2.21. The Labute approximate surface area is 190 Å². The molecule has 0 aliphatic rings. The topological polar surface area (TPSA) is 167 Å². The van der Waals surface area contributed by atoms with E-state index >= 15 is 0 Å². The molecule has 12 nitrogen and oxygen atoms in total. The first-order valence-electron chi connectivity index (χ1n) is 10.4. The normalized spacial score (nSPS) is 12.2. The lowest BCUT2D eigenvalue weighted by Gasteiger charge is -2.32. The summed E-state index contributed by atoms with van der Waals surface area (Å²) in [6, 6.07) is 0. The van der Waals surface area contributed by atoms with Gasteiger partial charge in [0.2, 0.25) is 10.0 Å². The highest BCUT2D eigenvalue weighted by atomic mass is 32.2. The predicted octanol–water partition coefficient (Wildman–Crippen LogP) is -0.914. The monoisotopic (exact) mass is 488 g/mol. The second-order valence-electron chi connectivity index (χ2n) is 6.95. The van der Waals surface area contributed by atoms with Gasteiger partial charge in [-0.3, -0.25) is 0 Å². The van der Waals surface area contributed by atoms with Crippen molar-refractivity contribution in [1.82, 2.24) is 4.47 Å². The average Bonchev–Trinajstić information content (AvgIpc) is 2.77. The Morgan fingerprint density at radius 1 is 0.750 bits per heavy atom. The molecule has 13 heteroatoms. The molecule has 0 heterocycles. The van der Waals surface area contributed by atoms with Crippen LogP contribution in [0.1, 0.15) is 12.8 Å². The molecule has 0 aromatic heterocycles. The lowest BCUT2D eigenvalue weighted by atomic mass is 9.92. The van der Waals surface area contributed by atoms with Crippen molar-refractivity contribution in [1.29, 1.82) is 0 Å². The van der Waals surface area contributed by atoms with Gasteiger partial charge in [0.05, 0.1) is 90.5 Å². The van der Waals surface area contributed by atoms with E-state index in [0.29, 0.717) is 19.2 Å². The molecule has 0 radical (unpaired) electrons. The zero-order valence-corrected chi connectivity index (χ0v) is 19.4. The van der Waals surface area contributed by atoms with E-state index < -0.39 is 15.4 Å². The molecule has 0 spiro atoms. The smallest absolute Gasteiger partial charge is 0.224 e. The summed E-state index contributed by atoms with van der Waals surface area (Å²) in [5.41, 5.74) is -0.705. The van der Waals surface area contributed by atoms with Crippen molar-refractivity contribution in [2.45, 2.75) is 12.8 Å². The summed E-state index contributed by atoms with van der Waals surface area (Å²) in [7, 11) is -3.86. The fourth-order valence-corrected chi connectivity index (χ4v) is 3.49. The van der Waals surface area contributed by atoms with Crippen molar-refractivity contribution in [3.05, 3.63) is 18.0 Å². The summed E-state index contributed by atoms with van der Waals surface area (Å²) in [5.74, 6) is -0.277. The Hall–Kier alpha value is -0.870. The lowest BCUT2D eigenvalue weighted by molar-refractivity contribution is -0.117. The second kappa shape index (κ2) is 19.6. The number of unbranched alkanes of at least 4 members (excludes halogenated alkanes) is 1. The van der Waals surface area contributed by atoms with Crippen LogP contribution in [0.5, 0.6) is 0 Å².